The Morgan fingerprint density at radius 2 is 1.41 bits per heavy atom. The van der Waals surface area contributed by atoms with Gasteiger partial charge in [-0.3, -0.25) is 0 Å². The summed E-state index contributed by atoms with van der Waals surface area (Å²) in [5, 5.41) is 0. The molecule has 1 nitrogen and oxygen atoms in total. The molecule has 7 heteroatoms. The quantitative estimate of drug-likeness (QED) is 0.326. The first-order valence-corrected chi connectivity index (χ1v) is 13.6. The van der Waals surface area contributed by atoms with Crippen LogP contribution in [-0.2, 0) is 0 Å². The lowest BCUT2D eigenvalue weighted by Gasteiger charge is -2.35. The zero-order valence-corrected chi connectivity index (χ0v) is 21.5. The maximum absolute atomic E-state index is 15.0. The fourth-order valence-electron chi connectivity index (χ4n) is 6.58. The van der Waals surface area contributed by atoms with Crippen molar-refractivity contribution in [2.75, 3.05) is 0 Å². The van der Waals surface area contributed by atoms with Crippen LogP contribution in [-0.4, -0.2) is 6.36 Å². The molecule has 2 aliphatic carbocycles. The first-order valence-electron chi connectivity index (χ1n) is 13.6. The van der Waals surface area contributed by atoms with Crippen LogP contribution in [0.3, 0.4) is 0 Å². The third kappa shape index (κ3) is 7.02. The molecule has 4 rings (SSSR count). The molecule has 1 unspecified atom stereocenters. The number of ether oxygens (including phenoxy) is 1. The standard InChI is InChI=1S/C30H36F6O/c1-3-19-4-8-21(9-5-19)18(2)14-20-6-10-22(11-7-20)24-16-26(32)29(27(33)17-24)23-12-13-28(25(31)15-23)37-30(34,35)36/h12-13,15-22H,3-11,14H2,1-2H3. The van der Waals surface area contributed by atoms with Crippen LogP contribution >= 0.6 is 0 Å². The molecule has 2 saturated carbocycles. The van der Waals surface area contributed by atoms with Crippen LogP contribution in [0.1, 0.15) is 89.5 Å². The van der Waals surface area contributed by atoms with E-state index in [0.717, 1.165) is 49.7 Å². The van der Waals surface area contributed by atoms with Crippen molar-refractivity contribution in [3.8, 4) is 16.9 Å². The minimum absolute atomic E-state index is 0.0592. The maximum atomic E-state index is 15.0. The molecule has 0 aromatic heterocycles. The van der Waals surface area contributed by atoms with E-state index in [1.54, 1.807) is 0 Å². The zero-order chi connectivity index (χ0) is 26.7. The monoisotopic (exact) mass is 526 g/mol. The Kier molecular flexibility index (Phi) is 8.80. The van der Waals surface area contributed by atoms with Crippen molar-refractivity contribution >= 4 is 0 Å². The lowest BCUT2D eigenvalue weighted by Crippen LogP contribution is -2.23. The van der Waals surface area contributed by atoms with Gasteiger partial charge in [-0.25, -0.2) is 13.2 Å². The van der Waals surface area contributed by atoms with E-state index in [4.69, 9.17) is 0 Å². The molecule has 0 saturated heterocycles. The first-order chi connectivity index (χ1) is 17.5. The Hall–Kier alpha value is -2.18. The van der Waals surface area contributed by atoms with E-state index in [2.05, 4.69) is 18.6 Å². The van der Waals surface area contributed by atoms with Gasteiger partial charge in [-0.1, -0.05) is 39.2 Å². The number of halogens is 6. The van der Waals surface area contributed by atoms with Crippen LogP contribution in [0, 0.1) is 41.1 Å². The molecule has 0 N–H and O–H groups in total. The fraction of sp³-hybridized carbons (Fsp3) is 0.600. The summed E-state index contributed by atoms with van der Waals surface area (Å²) in [5.41, 5.74) is -0.0543. The highest BCUT2D eigenvalue weighted by Crippen LogP contribution is 2.43. The molecule has 0 spiro atoms. The predicted molar refractivity (Wildman–Crippen MR) is 133 cm³/mol. The average molecular weight is 527 g/mol. The Bertz CT molecular complexity index is 1030. The molecular weight excluding hydrogens is 490 g/mol. The van der Waals surface area contributed by atoms with Crippen molar-refractivity contribution in [1.29, 1.82) is 0 Å². The van der Waals surface area contributed by atoms with Crippen molar-refractivity contribution < 1.29 is 31.1 Å². The number of hydrogen-bond donors (Lipinski definition) is 0. The highest BCUT2D eigenvalue weighted by molar-refractivity contribution is 5.66. The van der Waals surface area contributed by atoms with E-state index in [0.29, 0.717) is 23.5 Å². The van der Waals surface area contributed by atoms with Crippen molar-refractivity contribution in [2.24, 2.45) is 23.7 Å². The van der Waals surface area contributed by atoms with E-state index in [-0.39, 0.29) is 11.5 Å². The fourth-order valence-corrected chi connectivity index (χ4v) is 6.58. The molecule has 0 aliphatic heterocycles. The zero-order valence-electron chi connectivity index (χ0n) is 21.5. The molecule has 0 amide bonds. The van der Waals surface area contributed by atoms with Crippen LogP contribution in [0.2, 0.25) is 0 Å². The third-order valence-corrected chi connectivity index (χ3v) is 8.81. The Morgan fingerprint density at radius 3 is 1.95 bits per heavy atom. The summed E-state index contributed by atoms with van der Waals surface area (Å²) in [6.07, 6.45) is 6.63. The minimum atomic E-state index is -5.06. The maximum Gasteiger partial charge on any atom is 0.573 e. The SMILES string of the molecule is CCC1CCC(C(C)CC2CCC(c3cc(F)c(-c4ccc(OC(F)(F)F)c(F)c4)c(F)c3)CC2)CC1. The molecule has 1 atom stereocenters. The molecule has 37 heavy (non-hydrogen) atoms. The Morgan fingerprint density at radius 1 is 0.811 bits per heavy atom. The van der Waals surface area contributed by atoms with Gasteiger partial charge in [-0.2, -0.15) is 0 Å². The minimum Gasteiger partial charge on any atom is -0.403 e. The summed E-state index contributed by atoms with van der Waals surface area (Å²) in [5.74, 6) is -0.968. The van der Waals surface area contributed by atoms with Crippen LogP contribution in [0.15, 0.2) is 30.3 Å². The van der Waals surface area contributed by atoms with Crippen molar-refractivity contribution in [2.45, 2.75) is 90.3 Å². The smallest absolute Gasteiger partial charge is 0.403 e. The molecule has 2 fully saturated rings. The molecule has 2 aliphatic rings. The van der Waals surface area contributed by atoms with Gasteiger partial charge in [0.1, 0.15) is 11.6 Å². The predicted octanol–water partition coefficient (Wildman–Crippen LogP) is 10.2. The van der Waals surface area contributed by atoms with Crippen LogP contribution in [0.25, 0.3) is 11.1 Å². The highest BCUT2D eigenvalue weighted by atomic mass is 19.4. The summed E-state index contributed by atoms with van der Waals surface area (Å²) in [6.45, 7) is 4.67. The van der Waals surface area contributed by atoms with Crippen LogP contribution in [0.4, 0.5) is 26.3 Å². The Labute approximate surface area is 215 Å². The van der Waals surface area contributed by atoms with E-state index in [9.17, 15) is 26.3 Å². The number of alkyl halides is 3. The molecule has 204 valence electrons. The van der Waals surface area contributed by atoms with Crippen molar-refractivity contribution in [3.05, 3.63) is 53.3 Å². The summed E-state index contributed by atoms with van der Waals surface area (Å²) < 4.78 is 84.8. The van der Waals surface area contributed by atoms with Gasteiger partial charge in [0.25, 0.3) is 0 Å². The molecule has 2 aromatic carbocycles. The van der Waals surface area contributed by atoms with Gasteiger partial charge in [0.15, 0.2) is 11.6 Å². The second kappa shape index (κ2) is 11.7. The average Bonchev–Trinajstić information content (AvgIpc) is 2.85. The molecule has 0 heterocycles. The second-order valence-corrected chi connectivity index (χ2v) is 11.2. The summed E-state index contributed by atoms with van der Waals surface area (Å²) >= 11 is 0. The first kappa shape index (κ1) is 27.8. The lowest BCUT2D eigenvalue weighted by molar-refractivity contribution is -0.275. The lowest BCUT2D eigenvalue weighted by atomic mass is 9.70. The van der Waals surface area contributed by atoms with Gasteiger partial charge in [0.05, 0.1) is 5.56 Å². The topological polar surface area (TPSA) is 9.23 Å². The number of hydrogen-bond acceptors (Lipinski definition) is 1. The van der Waals surface area contributed by atoms with E-state index in [1.165, 1.54) is 50.7 Å². The number of rotatable bonds is 7. The van der Waals surface area contributed by atoms with Crippen LogP contribution in [0.5, 0.6) is 5.75 Å². The summed E-state index contributed by atoms with van der Waals surface area (Å²) in [4.78, 5) is 0. The van der Waals surface area contributed by atoms with Gasteiger partial charge in [-0.15, -0.1) is 13.2 Å². The van der Waals surface area contributed by atoms with Gasteiger partial charge in [0, 0.05) is 0 Å². The summed E-state index contributed by atoms with van der Waals surface area (Å²) in [7, 11) is 0. The van der Waals surface area contributed by atoms with Gasteiger partial charge >= 0.3 is 6.36 Å². The van der Waals surface area contributed by atoms with E-state index >= 15 is 0 Å². The largest absolute Gasteiger partial charge is 0.573 e. The molecule has 0 bridgehead atoms. The van der Waals surface area contributed by atoms with Crippen molar-refractivity contribution in [1.82, 2.24) is 0 Å². The molecule has 2 aromatic rings. The van der Waals surface area contributed by atoms with Crippen molar-refractivity contribution in [3.63, 3.8) is 0 Å². The van der Waals surface area contributed by atoms with Gasteiger partial charge in [0.2, 0.25) is 0 Å². The van der Waals surface area contributed by atoms with Gasteiger partial charge in [-0.05, 0) is 110 Å². The number of benzene rings is 2. The molecular formula is C30H36F6O. The third-order valence-electron chi connectivity index (χ3n) is 8.81. The Balaban J connectivity index is 1.37. The van der Waals surface area contributed by atoms with E-state index < -0.39 is 35.1 Å². The van der Waals surface area contributed by atoms with E-state index in [1.807, 2.05) is 0 Å². The highest BCUT2D eigenvalue weighted by Gasteiger charge is 2.33. The van der Waals surface area contributed by atoms with Gasteiger partial charge < -0.3 is 4.74 Å². The van der Waals surface area contributed by atoms with Crippen LogP contribution < -0.4 is 4.74 Å². The molecule has 0 radical (unpaired) electrons. The normalized spacial score (nSPS) is 25.6. The summed E-state index contributed by atoms with van der Waals surface area (Å²) in [6, 6.07) is 4.98. The second-order valence-electron chi connectivity index (χ2n) is 11.2.